The van der Waals surface area contributed by atoms with Gasteiger partial charge in [-0.2, -0.15) is 0 Å². The molecular weight excluding hydrogens is 372 g/mol. The van der Waals surface area contributed by atoms with Gasteiger partial charge in [0.1, 0.15) is 0 Å². The monoisotopic (exact) mass is 420 g/mol. The predicted octanol–water partition coefficient (Wildman–Crippen LogP) is 6.79. The van der Waals surface area contributed by atoms with Crippen LogP contribution in [0, 0.1) is 0 Å². The molecule has 0 aromatic rings. The summed E-state index contributed by atoms with van der Waals surface area (Å²) < 4.78 is 17.8. The number of hydrogen-bond acceptors (Lipinski definition) is 4. The number of hydrogen-bond donors (Lipinski definition) is 0. The quantitative estimate of drug-likeness (QED) is 0.134. The van der Waals surface area contributed by atoms with Gasteiger partial charge in [0.2, 0.25) is 0 Å². The predicted molar refractivity (Wildman–Crippen MR) is 124 cm³/mol. The van der Waals surface area contributed by atoms with Gasteiger partial charge in [-0.25, -0.2) is 4.79 Å². The normalized spacial score (nSPS) is 13.3. The minimum Gasteiger partial charge on any atom is -0.462 e. The van der Waals surface area contributed by atoms with Crippen molar-refractivity contribution in [1.82, 2.24) is 0 Å². The van der Waals surface area contributed by atoms with Crippen LogP contribution in [0.2, 0.25) is 37.8 Å². The van der Waals surface area contributed by atoms with Gasteiger partial charge >= 0.3 is 5.97 Å². The van der Waals surface area contributed by atoms with E-state index in [4.69, 9.17) is 13.6 Å². The van der Waals surface area contributed by atoms with Crippen LogP contribution in [0.3, 0.4) is 0 Å². The number of rotatable bonds is 14. The topological polar surface area (TPSA) is 44.8 Å². The zero-order valence-electron chi connectivity index (χ0n) is 17.6. The summed E-state index contributed by atoms with van der Waals surface area (Å²) in [6.07, 6.45) is 3.57. The number of unbranched alkanes of at least 4 members (excludes halogenated alkanes) is 1. The van der Waals surface area contributed by atoms with Gasteiger partial charge in [-0.3, -0.25) is 0 Å². The molecule has 0 aliphatic heterocycles. The van der Waals surface area contributed by atoms with Gasteiger partial charge in [-0.1, -0.05) is 41.2 Å². The van der Waals surface area contributed by atoms with E-state index in [9.17, 15) is 4.79 Å². The number of ether oxygens (including phenoxy) is 2. The Labute approximate surface area is 172 Å². The van der Waals surface area contributed by atoms with Crippen molar-refractivity contribution in [1.29, 1.82) is 0 Å². The summed E-state index contributed by atoms with van der Waals surface area (Å²) in [5.41, 5.74) is 0.456. The van der Waals surface area contributed by atoms with Gasteiger partial charge in [0.05, 0.1) is 12.7 Å². The first-order valence-electron chi connectivity index (χ1n) is 9.66. The summed E-state index contributed by atoms with van der Waals surface area (Å²) in [6, 6.07) is 3.27. The fraction of sp³-hybridized carbons (Fsp3) is 0.857. The first-order chi connectivity index (χ1) is 11.5. The van der Waals surface area contributed by atoms with Crippen molar-refractivity contribution >= 4 is 22.6 Å². The van der Waals surface area contributed by atoms with E-state index in [1.54, 1.807) is 6.92 Å². The molecule has 0 rings (SSSR count). The van der Waals surface area contributed by atoms with Crippen LogP contribution in [0.15, 0.2) is 12.2 Å². The van der Waals surface area contributed by atoms with Crippen molar-refractivity contribution in [3.05, 3.63) is 12.2 Å². The van der Waals surface area contributed by atoms with Crippen LogP contribution in [0.4, 0.5) is 0 Å². The molecule has 0 fully saturated rings. The fourth-order valence-electron chi connectivity index (χ4n) is 2.79. The van der Waals surface area contributed by atoms with Crippen LogP contribution < -0.4 is 0 Å². The third-order valence-corrected chi connectivity index (χ3v) is 12.6. The molecule has 0 aliphatic rings. The lowest BCUT2D eigenvalue weighted by atomic mass is 10.4. The van der Waals surface area contributed by atoms with E-state index < -0.39 is 16.6 Å². The third-order valence-electron chi connectivity index (χ3n) is 4.17. The van der Waals surface area contributed by atoms with Gasteiger partial charge in [0.25, 0.3) is 0 Å². The summed E-state index contributed by atoms with van der Waals surface area (Å²) >= 11 is 0. The standard InChI is InChI=1S/C19H40O4Si2.2CH4/c1-9-10-15-25(8,16-13-21-18(4)5)23-24(6,7)14-11-12-22-19(20)17(2)3;;/h18H,2,9-16H2,1,3-8H3;2*1H4. The van der Waals surface area contributed by atoms with Crippen LogP contribution in [-0.4, -0.2) is 41.9 Å². The van der Waals surface area contributed by atoms with E-state index in [1.165, 1.54) is 18.9 Å². The van der Waals surface area contributed by atoms with Crippen LogP contribution in [0.25, 0.3) is 0 Å². The average molecular weight is 421 g/mol. The molecule has 164 valence electrons. The Morgan fingerprint density at radius 3 is 2.07 bits per heavy atom. The second-order valence-electron chi connectivity index (χ2n) is 8.10. The van der Waals surface area contributed by atoms with E-state index in [-0.39, 0.29) is 26.9 Å². The van der Waals surface area contributed by atoms with Crippen LogP contribution in [0.5, 0.6) is 0 Å². The Morgan fingerprint density at radius 2 is 1.59 bits per heavy atom. The number of esters is 1. The highest BCUT2D eigenvalue weighted by Gasteiger charge is 2.36. The van der Waals surface area contributed by atoms with E-state index >= 15 is 0 Å². The van der Waals surface area contributed by atoms with E-state index in [2.05, 4.69) is 47.0 Å². The summed E-state index contributed by atoms with van der Waals surface area (Å²) in [6.45, 7) is 19.9. The van der Waals surface area contributed by atoms with Crippen LogP contribution >= 0.6 is 0 Å². The molecule has 0 heterocycles. The van der Waals surface area contributed by atoms with Crippen molar-refractivity contribution in [2.24, 2.45) is 0 Å². The Bertz CT molecular complexity index is 411. The Kier molecular flexibility index (Phi) is 17.9. The zero-order valence-corrected chi connectivity index (χ0v) is 19.6. The fourth-order valence-corrected chi connectivity index (χ4v) is 12.3. The van der Waals surface area contributed by atoms with Gasteiger partial charge in [0, 0.05) is 12.2 Å². The van der Waals surface area contributed by atoms with Crippen molar-refractivity contribution in [2.75, 3.05) is 13.2 Å². The molecule has 1 unspecified atom stereocenters. The highest BCUT2D eigenvalue weighted by atomic mass is 28.4. The van der Waals surface area contributed by atoms with Crippen molar-refractivity contribution in [2.45, 2.75) is 106 Å². The molecule has 0 radical (unpaired) electrons. The molecule has 0 bridgehead atoms. The second kappa shape index (κ2) is 15.5. The molecule has 0 aromatic heterocycles. The molecule has 0 aliphatic carbocycles. The Morgan fingerprint density at radius 1 is 1.00 bits per heavy atom. The minimum absolute atomic E-state index is 0. The van der Waals surface area contributed by atoms with E-state index in [1.807, 2.05) is 0 Å². The molecule has 0 spiro atoms. The molecule has 27 heavy (non-hydrogen) atoms. The maximum absolute atomic E-state index is 11.4. The van der Waals surface area contributed by atoms with Crippen molar-refractivity contribution < 1.29 is 18.4 Å². The maximum Gasteiger partial charge on any atom is 0.333 e. The molecular formula is C21H48O4Si2. The zero-order chi connectivity index (χ0) is 19.5. The molecule has 1 atom stereocenters. The molecule has 0 aromatic carbocycles. The van der Waals surface area contributed by atoms with Crippen LogP contribution in [-0.2, 0) is 18.4 Å². The minimum atomic E-state index is -1.77. The SMILES string of the molecule is C.C.C=C(C)C(=O)OCCC[Si](C)(C)O[Si](C)(CCCC)CCOC(C)C. The molecule has 0 saturated carbocycles. The summed E-state index contributed by atoms with van der Waals surface area (Å²) in [5.74, 6) is -0.298. The highest BCUT2D eigenvalue weighted by Crippen LogP contribution is 2.27. The van der Waals surface area contributed by atoms with E-state index in [0.29, 0.717) is 12.2 Å². The van der Waals surface area contributed by atoms with Gasteiger partial charge < -0.3 is 13.6 Å². The van der Waals surface area contributed by atoms with Crippen LogP contribution in [0.1, 0.15) is 61.8 Å². The third kappa shape index (κ3) is 16.2. The van der Waals surface area contributed by atoms with Crippen molar-refractivity contribution in [3.8, 4) is 0 Å². The smallest absolute Gasteiger partial charge is 0.333 e. The summed E-state index contributed by atoms with van der Waals surface area (Å²) in [5, 5.41) is 0. The Balaban J connectivity index is -0.00000288. The maximum atomic E-state index is 11.4. The van der Waals surface area contributed by atoms with Gasteiger partial charge in [0.15, 0.2) is 16.6 Å². The largest absolute Gasteiger partial charge is 0.462 e. The average Bonchev–Trinajstić information content (AvgIpc) is 2.48. The van der Waals surface area contributed by atoms with E-state index in [0.717, 1.165) is 25.1 Å². The van der Waals surface area contributed by atoms with Gasteiger partial charge in [-0.05, 0) is 65.0 Å². The summed E-state index contributed by atoms with van der Waals surface area (Å²) in [4.78, 5) is 11.4. The molecule has 0 amide bonds. The summed E-state index contributed by atoms with van der Waals surface area (Å²) in [7, 11) is -3.53. The lowest BCUT2D eigenvalue weighted by Crippen LogP contribution is -2.47. The lowest BCUT2D eigenvalue weighted by molar-refractivity contribution is -0.138. The lowest BCUT2D eigenvalue weighted by Gasteiger charge is -2.37. The second-order valence-corrected chi connectivity index (χ2v) is 16.8. The molecule has 0 saturated heterocycles. The first-order valence-corrected chi connectivity index (χ1v) is 15.6. The highest BCUT2D eigenvalue weighted by molar-refractivity contribution is 6.85. The molecule has 6 heteroatoms. The first kappa shape index (κ1) is 31.3. The number of carbonyl (C=O) groups excluding carboxylic acids is 1. The molecule has 0 N–H and O–H groups in total. The van der Waals surface area contributed by atoms with Crippen molar-refractivity contribution in [3.63, 3.8) is 0 Å². The molecule has 4 nitrogen and oxygen atoms in total. The van der Waals surface area contributed by atoms with Gasteiger partial charge in [-0.15, -0.1) is 0 Å². The number of carbonyl (C=O) groups is 1. The Hall–Kier alpha value is -0.436.